The molecule has 0 bridgehead atoms. The van der Waals surface area contributed by atoms with E-state index in [1.54, 1.807) is 9.25 Å². The van der Waals surface area contributed by atoms with Crippen LogP contribution in [0.2, 0.25) is 0 Å². The molecule has 0 radical (unpaired) electrons. The molecule has 0 N–H and O–H groups in total. The number of rotatable bonds is 4. The molecule has 6 heteroatoms. The number of fused-ring (bicyclic) bond motifs is 1. The zero-order chi connectivity index (χ0) is 14.8. The summed E-state index contributed by atoms with van der Waals surface area (Å²) in [5, 5.41) is 5.29. The first-order valence-electron chi connectivity index (χ1n) is 6.84. The minimum absolute atomic E-state index is 0.207. The van der Waals surface area contributed by atoms with Crippen molar-refractivity contribution in [2.45, 2.75) is 24.9 Å². The van der Waals surface area contributed by atoms with Crippen LogP contribution in [0, 0.1) is 0 Å². The Kier molecular flexibility index (Phi) is 3.79. The van der Waals surface area contributed by atoms with E-state index in [1.807, 2.05) is 49.7 Å². The second-order valence-corrected chi connectivity index (χ2v) is 5.49. The van der Waals surface area contributed by atoms with Gasteiger partial charge in [0.1, 0.15) is 10.5 Å². The van der Waals surface area contributed by atoms with Crippen LogP contribution in [-0.4, -0.2) is 25.6 Å². The smallest absolute Gasteiger partial charge is 0.289 e. The summed E-state index contributed by atoms with van der Waals surface area (Å²) in [5.41, 5.74) is 2.38. The molecule has 0 unspecified atom stereocenters. The van der Waals surface area contributed by atoms with Gasteiger partial charge >= 0.3 is 5.69 Å². The average Bonchev–Trinajstić information content (AvgIpc) is 2.96. The van der Waals surface area contributed by atoms with Gasteiger partial charge in [0.05, 0.1) is 17.4 Å². The predicted molar refractivity (Wildman–Crippen MR) is 85.2 cm³/mol. The van der Waals surface area contributed by atoms with Crippen molar-refractivity contribution in [3.8, 4) is 5.69 Å². The highest BCUT2D eigenvalue weighted by atomic mass is 32.2. The number of thioether (sulfide) groups is 1. The Morgan fingerprint density at radius 1 is 1.24 bits per heavy atom. The predicted octanol–water partition coefficient (Wildman–Crippen LogP) is 2.71. The van der Waals surface area contributed by atoms with E-state index in [0.717, 1.165) is 23.1 Å². The van der Waals surface area contributed by atoms with Crippen molar-refractivity contribution in [1.82, 2.24) is 19.3 Å². The van der Waals surface area contributed by atoms with Gasteiger partial charge in [-0.05, 0) is 24.8 Å². The van der Waals surface area contributed by atoms with Gasteiger partial charge in [0.2, 0.25) is 0 Å². The number of nitrogens with zero attached hydrogens (tertiary/aromatic N) is 4. The summed E-state index contributed by atoms with van der Waals surface area (Å²) in [4.78, 5) is 16.3. The first-order valence-corrected chi connectivity index (χ1v) is 8.06. The van der Waals surface area contributed by atoms with E-state index in [4.69, 9.17) is 0 Å². The van der Waals surface area contributed by atoms with Crippen LogP contribution in [0.25, 0.3) is 16.7 Å². The Labute approximate surface area is 126 Å². The molecule has 0 aliphatic heterocycles. The molecular formula is C15H16N4OS. The summed E-state index contributed by atoms with van der Waals surface area (Å²) in [6.45, 7) is 2.69. The zero-order valence-corrected chi connectivity index (χ0v) is 12.8. The van der Waals surface area contributed by atoms with E-state index in [1.165, 1.54) is 11.8 Å². The molecule has 21 heavy (non-hydrogen) atoms. The quantitative estimate of drug-likeness (QED) is 0.549. The first kappa shape index (κ1) is 13.9. The number of hydrogen-bond acceptors (Lipinski definition) is 4. The third-order valence-corrected chi connectivity index (χ3v) is 3.95. The van der Waals surface area contributed by atoms with Crippen LogP contribution in [0.15, 0.2) is 46.3 Å². The fraction of sp³-hybridized carbons (Fsp3) is 0.267. The minimum Gasteiger partial charge on any atom is -0.289 e. The van der Waals surface area contributed by atoms with Crippen LogP contribution < -0.4 is 5.69 Å². The summed E-state index contributed by atoms with van der Waals surface area (Å²) in [5.74, 6) is 0. The van der Waals surface area contributed by atoms with Gasteiger partial charge in [-0.15, -0.1) is 11.8 Å². The molecule has 5 nitrogen and oxygen atoms in total. The Balaban J connectivity index is 2.28. The standard InChI is InChI=1S/C15H16N4OS/c1-3-9-18-12-10-19(11-7-5-4-6-8-11)17-13(12)14(21-2)16-15(18)20/h4-8,10H,3,9H2,1-2H3. The number of para-hydroxylation sites is 1. The van der Waals surface area contributed by atoms with Gasteiger partial charge in [-0.2, -0.15) is 10.1 Å². The maximum absolute atomic E-state index is 12.2. The molecule has 0 saturated heterocycles. The average molecular weight is 300 g/mol. The summed E-state index contributed by atoms with van der Waals surface area (Å²) < 4.78 is 3.50. The van der Waals surface area contributed by atoms with Gasteiger partial charge in [0, 0.05) is 6.54 Å². The normalized spacial score (nSPS) is 11.1. The molecule has 0 aliphatic rings. The van der Waals surface area contributed by atoms with Crippen LogP contribution in [0.3, 0.4) is 0 Å². The summed E-state index contributed by atoms with van der Waals surface area (Å²) in [7, 11) is 0. The van der Waals surface area contributed by atoms with Crippen molar-refractivity contribution < 1.29 is 0 Å². The van der Waals surface area contributed by atoms with E-state index in [9.17, 15) is 4.79 Å². The molecule has 108 valence electrons. The van der Waals surface area contributed by atoms with Gasteiger partial charge in [-0.3, -0.25) is 4.57 Å². The van der Waals surface area contributed by atoms with Gasteiger partial charge in [-0.1, -0.05) is 25.1 Å². The maximum Gasteiger partial charge on any atom is 0.349 e. The molecule has 1 aromatic carbocycles. The molecular weight excluding hydrogens is 284 g/mol. The molecule has 3 aromatic rings. The van der Waals surface area contributed by atoms with Crippen molar-refractivity contribution in [2.75, 3.05) is 6.26 Å². The molecule has 2 aromatic heterocycles. The van der Waals surface area contributed by atoms with Gasteiger partial charge in [0.25, 0.3) is 0 Å². The molecule has 0 amide bonds. The maximum atomic E-state index is 12.2. The number of benzene rings is 1. The van der Waals surface area contributed by atoms with Gasteiger partial charge < -0.3 is 0 Å². The Hall–Kier alpha value is -2.08. The van der Waals surface area contributed by atoms with E-state index in [0.29, 0.717) is 11.6 Å². The molecule has 0 saturated carbocycles. The third kappa shape index (κ3) is 2.47. The molecule has 0 fully saturated rings. The Morgan fingerprint density at radius 3 is 2.67 bits per heavy atom. The summed E-state index contributed by atoms with van der Waals surface area (Å²) >= 11 is 1.45. The highest BCUT2D eigenvalue weighted by Crippen LogP contribution is 2.22. The van der Waals surface area contributed by atoms with Gasteiger partial charge in [0.15, 0.2) is 0 Å². The fourth-order valence-electron chi connectivity index (χ4n) is 2.31. The Morgan fingerprint density at radius 2 is 2.00 bits per heavy atom. The lowest BCUT2D eigenvalue weighted by atomic mass is 10.3. The van der Waals surface area contributed by atoms with Crippen molar-refractivity contribution in [3.05, 3.63) is 47.0 Å². The lowest BCUT2D eigenvalue weighted by Gasteiger charge is -2.05. The minimum atomic E-state index is -0.207. The number of hydrogen-bond donors (Lipinski definition) is 0. The van der Waals surface area contributed by atoms with Crippen LogP contribution in [0.5, 0.6) is 0 Å². The third-order valence-electron chi connectivity index (χ3n) is 3.28. The van der Waals surface area contributed by atoms with E-state index in [2.05, 4.69) is 10.1 Å². The lowest BCUT2D eigenvalue weighted by Crippen LogP contribution is -2.23. The van der Waals surface area contributed by atoms with Crippen LogP contribution >= 0.6 is 11.8 Å². The first-order chi connectivity index (χ1) is 10.2. The number of aryl methyl sites for hydroxylation is 1. The molecule has 2 heterocycles. The second kappa shape index (κ2) is 5.73. The monoisotopic (exact) mass is 300 g/mol. The summed E-state index contributed by atoms with van der Waals surface area (Å²) in [6, 6.07) is 9.87. The highest BCUT2D eigenvalue weighted by Gasteiger charge is 2.14. The van der Waals surface area contributed by atoms with E-state index >= 15 is 0 Å². The molecule has 0 aliphatic carbocycles. The molecule has 0 atom stereocenters. The van der Waals surface area contributed by atoms with Gasteiger partial charge in [-0.25, -0.2) is 9.48 Å². The number of aromatic nitrogens is 4. The lowest BCUT2D eigenvalue weighted by molar-refractivity contribution is 0.653. The Bertz CT molecular complexity index is 823. The van der Waals surface area contributed by atoms with E-state index in [-0.39, 0.29) is 5.69 Å². The summed E-state index contributed by atoms with van der Waals surface area (Å²) in [6.07, 6.45) is 4.70. The van der Waals surface area contributed by atoms with Crippen molar-refractivity contribution in [1.29, 1.82) is 0 Å². The van der Waals surface area contributed by atoms with E-state index < -0.39 is 0 Å². The zero-order valence-electron chi connectivity index (χ0n) is 12.0. The van der Waals surface area contributed by atoms with Crippen molar-refractivity contribution >= 4 is 22.8 Å². The van der Waals surface area contributed by atoms with Crippen LogP contribution in [-0.2, 0) is 6.54 Å². The van der Waals surface area contributed by atoms with Crippen molar-refractivity contribution in [2.24, 2.45) is 0 Å². The van der Waals surface area contributed by atoms with Crippen molar-refractivity contribution in [3.63, 3.8) is 0 Å². The van der Waals surface area contributed by atoms with Crippen LogP contribution in [0.1, 0.15) is 13.3 Å². The second-order valence-electron chi connectivity index (χ2n) is 4.70. The SMILES string of the molecule is CCCn1c(=O)nc(SC)c2nn(-c3ccccc3)cc21. The fourth-order valence-corrected chi connectivity index (χ4v) is 2.82. The largest absolute Gasteiger partial charge is 0.349 e. The molecule has 0 spiro atoms. The molecule has 3 rings (SSSR count). The topological polar surface area (TPSA) is 52.7 Å². The highest BCUT2D eigenvalue weighted by molar-refractivity contribution is 7.98. The van der Waals surface area contributed by atoms with Crippen LogP contribution in [0.4, 0.5) is 0 Å².